The highest BCUT2D eigenvalue weighted by molar-refractivity contribution is 7.91. The van der Waals surface area contributed by atoms with Crippen LogP contribution in [0.4, 0.5) is 0 Å². The molecular weight excluding hydrogens is 326 g/mol. The molecule has 0 saturated carbocycles. The number of furan rings is 1. The number of benzene rings is 1. The highest BCUT2D eigenvalue weighted by atomic mass is 32.2. The first-order valence-electron chi connectivity index (χ1n) is 7.95. The lowest BCUT2D eigenvalue weighted by Gasteiger charge is -2.09. The molecule has 1 saturated heterocycles. The van der Waals surface area contributed by atoms with Crippen LogP contribution < -0.4 is 5.32 Å². The number of aryl methyl sites for hydroxylation is 1. The van der Waals surface area contributed by atoms with Crippen LogP contribution in [-0.2, 0) is 23.4 Å². The topological polar surface area (TPSA) is 77.1 Å². The number of para-hydroxylation sites is 1. The molecule has 1 fully saturated rings. The molecule has 1 aliphatic heterocycles. The summed E-state index contributed by atoms with van der Waals surface area (Å²) in [4.78, 5) is 0. The van der Waals surface area contributed by atoms with E-state index >= 15 is 0 Å². The zero-order valence-corrected chi connectivity index (χ0v) is 14.2. The second-order valence-corrected chi connectivity index (χ2v) is 8.53. The lowest BCUT2D eigenvalue weighted by molar-refractivity contribution is 0.553. The smallest absolute Gasteiger partial charge is 0.156 e. The van der Waals surface area contributed by atoms with Crippen LogP contribution in [0.1, 0.15) is 12.0 Å². The predicted molar refractivity (Wildman–Crippen MR) is 92.3 cm³/mol. The minimum Gasteiger partial charge on any atom is -0.454 e. The van der Waals surface area contributed by atoms with Gasteiger partial charge in [-0.2, -0.15) is 5.10 Å². The molecule has 0 radical (unpaired) electrons. The van der Waals surface area contributed by atoms with Crippen molar-refractivity contribution in [3.8, 4) is 11.5 Å². The Bertz CT molecular complexity index is 955. The van der Waals surface area contributed by atoms with Crippen molar-refractivity contribution in [2.45, 2.75) is 19.0 Å². The first kappa shape index (κ1) is 15.4. The normalized spacial score (nSPS) is 20.0. The number of hydrogen-bond acceptors (Lipinski definition) is 5. The Morgan fingerprint density at radius 2 is 2.21 bits per heavy atom. The first-order valence-corrected chi connectivity index (χ1v) is 9.77. The summed E-state index contributed by atoms with van der Waals surface area (Å²) in [7, 11) is -1.01. The summed E-state index contributed by atoms with van der Waals surface area (Å²) < 4.78 is 30.8. The molecule has 1 atom stereocenters. The third-order valence-corrected chi connectivity index (χ3v) is 6.15. The Morgan fingerprint density at radius 3 is 2.96 bits per heavy atom. The maximum absolute atomic E-state index is 11.6. The average molecular weight is 345 g/mol. The fourth-order valence-corrected chi connectivity index (χ4v) is 4.89. The van der Waals surface area contributed by atoms with Crippen LogP contribution in [-0.4, -0.2) is 35.7 Å². The van der Waals surface area contributed by atoms with Gasteiger partial charge in [-0.05, 0) is 18.6 Å². The number of fused-ring (bicyclic) bond motifs is 1. The number of nitrogens with one attached hydrogen (secondary N) is 1. The summed E-state index contributed by atoms with van der Waals surface area (Å²) in [5.41, 5.74) is 2.63. The second kappa shape index (κ2) is 5.75. The van der Waals surface area contributed by atoms with Gasteiger partial charge in [0.1, 0.15) is 11.3 Å². The molecule has 1 aliphatic rings. The maximum Gasteiger partial charge on any atom is 0.156 e. The van der Waals surface area contributed by atoms with Gasteiger partial charge in [0.05, 0.1) is 11.5 Å². The summed E-state index contributed by atoms with van der Waals surface area (Å²) >= 11 is 0. The monoisotopic (exact) mass is 345 g/mol. The molecule has 3 heterocycles. The Hall–Kier alpha value is -2.12. The summed E-state index contributed by atoms with van der Waals surface area (Å²) in [5, 5.41) is 8.89. The number of sulfone groups is 1. The summed E-state index contributed by atoms with van der Waals surface area (Å²) in [6, 6.07) is 9.86. The Balaban J connectivity index is 1.58. The van der Waals surface area contributed by atoms with Crippen molar-refractivity contribution in [1.29, 1.82) is 0 Å². The minimum absolute atomic E-state index is 0.0127. The van der Waals surface area contributed by atoms with Gasteiger partial charge in [-0.15, -0.1) is 0 Å². The zero-order valence-electron chi connectivity index (χ0n) is 13.4. The highest BCUT2D eigenvalue weighted by Gasteiger charge is 2.27. The molecule has 0 aliphatic carbocycles. The maximum atomic E-state index is 11.6. The molecule has 7 heteroatoms. The van der Waals surface area contributed by atoms with Crippen molar-refractivity contribution in [2.75, 3.05) is 11.5 Å². The van der Waals surface area contributed by atoms with Crippen LogP contribution in [0.3, 0.4) is 0 Å². The summed E-state index contributed by atoms with van der Waals surface area (Å²) in [5.74, 6) is 1.22. The predicted octanol–water partition coefficient (Wildman–Crippen LogP) is 2.11. The van der Waals surface area contributed by atoms with Gasteiger partial charge in [-0.3, -0.25) is 4.68 Å². The number of aromatic nitrogens is 2. The molecule has 1 N–H and O–H groups in total. The second-order valence-electron chi connectivity index (χ2n) is 6.31. The summed E-state index contributed by atoms with van der Waals surface area (Å²) in [6.07, 6.45) is 2.61. The van der Waals surface area contributed by atoms with E-state index < -0.39 is 9.84 Å². The highest BCUT2D eigenvalue weighted by Crippen LogP contribution is 2.29. The van der Waals surface area contributed by atoms with E-state index in [0.717, 1.165) is 28.0 Å². The van der Waals surface area contributed by atoms with Crippen LogP contribution in [0, 0.1) is 0 Å². The lowest BCUT2D eigenvalue weighted by Crippen LogP contribution is -2.29. The van der Waals surface area contributed by atoms with E-state index in [0.29, 0.717) is 13.0 Å². The Labute approximate surface area is 140 Å². The van der Waals surface area contributed by atoms with Crippen LogP contribution in [0.5, 0.6) is 0 Å². The Kier molecular flexibility index (Phi) is 3.69. The molecule has 4 rings (SSSR count). The number of hydrogen-bond donors (Lipinski definition) is 1. The molecule has 1 unspecified atom stereocenters. The number of nitrogens with zero attached hydrogens (tertiary/aromatic N) is 2. The first-order chi connectivity index (χ1) is 11.5. The quantitative estimate of drug-likeness (QED) is 0.784. The van der Waals surface area contributed by atoms with Gasteiger partial charge in [0.2, 0.25) is 0 Å². The third-order valence-electron chi connectivity index (χ3n) is 4.38. The van der Waals surface area contributed by atoms with Crippen molar-refractivity contribution in [1.82, 2.24) is 15.1 Å². The SMILES string of the molecule is Cn1cc(CNC2CCS(=O)(=O)C2)c(-c2cc3ccccc3o2)n1. The van der Waals surface area contributed by atoms with Crippen LogP contribution >= 0.6 is 0 Å². The van der Waals surface area contributed by atoms with E-state index in [2.05, 4.69) is 10.4 Å². The van der Waals surface area contributed by atoms with Gasteiger partial charge in [-0.1, -0.05) is 18.2 Å². The van der Waals surface area contributed by atoms with Gasteiger partial charge < -0.3 is 9.73 Å². The van der Waals surface area contributed by atoms with Gasteiger partial charge in [-0.25, -0.2) is 8.42 Å². The molecule has 1 aromatic carbocycles. The van der Waals surface area contributed by atoms with Gasteiger partial charge in [0.15, 0.2) is 15.6 Å². The van der Waals surface area contributed by atoms with Crippen LogP contribution in [0.2, 0.25) is 0 Å². The molecule has 2 aromatic heterocycles. The van der Waals surface area contributed by atoms with E-state index in [1.54, 1.807) is 4.68 Å². The zero-order chi connectivity index (χ0) is 16.7. The molecule has 3 aromatic rings. The van der Waals surface area contributed by atoms with E-state index in [4.69, 9.17) is 4.42 Å². The minimum atomic E-state index is -2.88. The van der Waals surface area contributed by atoms with Crippen LogP contribution in [0.25, 0.3) is 22.4 Å². The fourth-order valence-electron chi connectivity index (χ4n) is 3.18. The molecule has 0 amide bonds. The molecule has 126 valence electrons. The lowest BCUT2D eigenvalue weighted by atomic mass is 10.1. The van der Waals surface area contributed by atoms with E-state index in [-0.39, 0.29) is 17.5 Å². The fraction of sp³-hybridized carbons (Fsp3) is 0.353. The number of rotatable bonds is 4. The van der Waals surface area contributed by atoms with E-state index in [1.807, 2.05) is 43.6 Å². The van der Waals surface area contributed by atoms with Crippen molar-refractivity contribution >= 4 is 20.8 Å². The molecule has 0 bridgehead atoms. The van der Waals surface area contributed by atoms with Crippen molar-refractivity contribution < 1.29 is 12.8 Å². The summed E-state index contributed by atoms with van der Waals surface area (Å²) in [6.45, 7) is 0.570. The average Bonchev–Trinajstić information content (AvgIpc) is 3.21. The molecule has 24 heavy (non-hydrogen) atoms. The van der Waals surface area contributed by atoms with Crippen LogP contribution in [0.15, 0.2) is 40.9 Å². The van der Waals surface area contributed by atoms with Crippen molar-refractivity contribution in [2.24, 2.45) is 7.05 Å². The van der Waals surface area contributed by atoms with Gasteiger partial charge in [0, 0.05) is 36.8 Å². The van der Waals surface area contributed by atoms with Gasteiger partial charge in [0.25, 0.3) is 0 Å². The largest absolute Gasteiger partial charge is 0.454 e. The third kappa shape index (κ3) is 2.97. The Morgan fingerprint density at radius 1 is 1.38 bits per heavy atom. The molecular formula is C17H19N3O3S. The van der Waals surface area contributed by atoms with Crippen molar-refractivity contribution in [3.63, 3.8) is 0 Å². The van der Waals surface area contributed by atoms with E-state index in [9.17, 15) is 8.42 Å². The van der Waals surface area contributed by atoms with Crippen molar-refractivity contribution in [3.05, 3.63) is 42.1 Å². The molecule has 0 spiro atoms. The standard InChI is InChI=1S/C17H19N3O3S/c1-20-10-13(9-18-14-6-7-24(21,22)11-14)17(19-20)16-8-12-4-2-3-5-15(12)23-16/h2-5,8,10,14,18H,6-7,9,11H2,1H3. The van der Waals surface area contributed by atoms with E-state index in [1.165, 1.54) is 0 Å². The van der Waals surface area contributed by atoms with Gasteiger partial charge >= 0.3 is 0 Å². The molecule has 6 nitrogen and oxygen atoms in total.